The minimum Gasteiger partial charge on any atom is -0.495 e. The predicted octanol–water partition coefficient (Wildman–Crippen LogP) is 2.08. The smallest absolute Gasteiger partial charge is 0.434 e. The van der Waals surface area contributed by atoms with Crippen molar-refractivity contribution in [3.63, 3.8) is 0 Å². The highest BCUT2D eigenvalue weighted by atomic mass is 35.5. The molecule has 0 aliphatic rings. The van der Waals surface area contributed by atoms with Crippen molar-refractivity contribution in [3.8, 4) is 5.75 Å². The number of oxazole rings is 1. The Morgan fingerprint density at radius 2 is 1.96 bits per heavy atom. The van der Waals surface area contributed by atoms with E-state index in [1.807, 2.05) is 0 Å². The van der Waals surface area contributed by atoms with Crippen LogP contribution in [0.3, 0.4) is 0 Å². The predicted molar refractivity (Wildman–Crippen MR) is 85.5 cm³/mol. The van der Waals surface area contributed by atoms with Gasteiger partial charge in [-0.2, -0.15) is 3.97 Å². The molecule has 2 N–H and O–H groups in total. The normalized spacial score (nSPS) is 11.7. The van der Waals surface area contributed by atoms with E-state index in [9.17, 15) is 13.2 Å². The molecule has 0 fully saturated rings. The zero-order valence-electron chi connectivity index (χ0n) is 11.8. The largest absolute Gasteiger partial charge is 0.495 e. The van der Waals surface area contributed by atoms with Gasteiger partial charge >= 0.3 is 5.76 Å². The third kappa shape index (κ3) is 2.45. The minimum atomic E-state index is -4.18. The molecule has 0 unspecified atom stereocenters. The average molecular weight is 355 g/mol. The molecule has 3 aromatic rings. The molecule has 0 saturated carbocycles. The van der Waals surface area contributed by atoms with Crippen molar-refractivity contribution >= 4 is 38.4 Å². The summed E-state index contributed by atoms with van der Waals surface area (Å²) < 4.78 is 36.0. The summed E-state index contributed by atoms with van der Waals surface area (Å²) in [5.74, 6) is -0.708. The Labute approximate surface area is 135 Å². The van der Waals surface area contributed by atoms with E-state index < -0.39 is 15.8 Å². The Kier molecular flexibility index (Phi) is 3.57. The van der Waals surface area contributed by atoms with Crippen LogP contribution in [0.15, 0.2) is 50.5 Å². The van der Waals surface area contributed by atoms with Crippen LogP contribution in [0, 0.1) is 0 Å². The fourth-order valence-electron chi connectivity index (χ4n) is 2.15. The molecule has 0 bridgehead atoms. The Hall–Kier alpha value is -2.45. The number of rotatable bonds is 3. The molecule has 7 nitrogen and oxygen atoms in total. The number of nitrogens with two attached hydrogens (primary N) is 1. The number of hydrogen-bond donors (Lipinski definition) is 1. The first-order valence-electron chi connectivity index (χ1n) is 6.35. The van der Waals surface area contributed by atoms with Gasteiger partial charge in [0.05, 0.1) is 17.0 Å². The quantitative estimate of drug-likeness (QED) is 0.722. The van der Waals surface area contributed by atoms with Crippen LogP contribution in [0.4, 0.5) is 5.69 Å². The molecular weight excluding hydrogens is 344 g/mol. The lowest BCUT2D eigenvalue weighted by Gasteiger charge is -2.08. The number of methoxy groups -OCH3 is 1. The van der Waals surface area contributed by atoms with Gasteiger partial charge in [0.25, 0.3) is 10.0 Å². The van der Waals surface area contributed by atoms with Crippen molar-refractivity contribution in [3.05, 3.63) is 52.0 Å². The maximum absolute atomic E-state index is 12.7. The molecule has 0 amide bonds. The summed E-state index contributed by atoms with van der Waals surface area (Å²) >= 11 is 5.96. The number of fused-ring (bicyclic) bond motifs is 1. The third-order valence-electron chi connectivity index (χ3n) is 3.23. The molecule has 2 aromatic carbocycles. The van der Waals surface area contributed by atoms with E-state index in [1.165, 1.54) is 43.5 Å². The van der Waals surface area contributed by atoms with E-state index in [0.29, 0.717) is 15.4 Å². The van der Waals surface area contributed by atoms with E-state index in [0.717, 1.165) is 0 Å². The standard InChI is InChI=1S/C14H11ClN2O5S/c1-21-12-5-3-9(7-10(12)15)23(19,20)17-11-4-2-8(16)6-13(11)22-14(17)18/h2-7H,16H2,1H3. The number of hydrogen-bond acceptors (Lipinski definition) is 6. The Morgan fingerprint density at radius 3 is 2.61 bits per heavy atom. The van der Waals surface area contributed by atoms with Gasteiger partial charge in [0.1, 0.15) is 11.3 Å². The molecule has 0 aliphatic carbocycles. The van der Waals surface area contributed by atoms with E-state index in [-0.39, 0.29) is 21.0 Å². The monoisotopic (exact) mass is 354 g/mol. The van der Waals surface area contributed by atoms with Crippen LogP contribution < -0.4 is 16.2 Å². The maximum Gasteiger partial charge on any atom is 0.434 e. The molecule has 1 heterocycles. The zero-order chi connectivity index (χ0) is 16.8. The van der Waals surface area contributed by atoms with Gasteiger partial charge in [0.15, 0.2) is 5.58 Å². The first kappa shape index (κ1) is 15.4. The van der Waals surface area contributed by atoms with Crippen LogP contribution in [-0.2, 0) is 10.0 Å². The van der Waals surface area contributed by atoms with Crippen molar-refractivity contribution in [2.75, 3.05) is 12.8 Å². The fraction of sp³-hybridized carbons (Fsp3) is 0.0714. The van der Waals surface area contributed by atoms with E-state index in [2.05, 4.69) is 0 Å². The van der Waals surface area contributed by atoms with Crippen LogP contribution >= 0.6 is 11.6 Å². The van der Waals surface area contributed by atoms with Gasteiger partial charge in [-0.15, -0.1) is 0 Å². The van der Waals surface area contributed by atoms with Gasteiger partial charge in [0, 0.05) is 11.8 Å². The van der Waals surface area contributed by atoms with Crippen LogP contribution in [0.25, 0.3) is 11.1 Å². The number of nitrogen functional groups attached to an aromatic ring is 1. The summed E-state index contributed by atoms with van der Waals surface area (Å²) in [6.45, 7) is 0. The second-order valence-corrected chi connectivity index (χ2v) is 6.85. The third-order valence-corrected chi connectivity index (χ3v) is 5.20. The maximum atomic E-state index is 12.7. The molecule has 0 aliphatic heterocycles. The molecule has 0 radical (unpaired) electrons. The first-order valence-corrected chi connectivity index (χ1v) is 8.16. The SMILES string of the molecule is COc1ccc(S(=O)(=O)n2c(=O)oc3cc(N)ccc32)cc1Cl. The molecule has 0 saturated heterocycles. The number of ether oxygens (including phenoxy) is 1. The van der Waals surface area contributed by atoms with Gasteiger partial charge in [0.2, 0.25) is 0 Å². The number of anilines is 1. The van der Waals surface area contributed by atoms with Crippen molar-refractivity contribution in [1.82, 2.24) is 3.97 Å². The summed E-state index contributed by atoms with van der Waals surface area (Å²) in [5.41, 5.74) is 6.13. The summed E-state index contributed by atoms with van der Waals surface area (Å²) in [6.07, 6.45) is 0. The lowest BCUT2D eigenvalue weighted by Crippen LogP contribution is -2.23. The topological polar surface area (TPSA) is 105 Å². The molecule has 1 aromatic heterocycles. The van der Waals surface area contributed by atoms with Crippen LogP contribution in [0.1, 0.15) is 0 Å². The van der Waals surface area contributed by atoms with Crippen LogP contribution in [-0.4, -0.2) is 19.5 Å². The summed E-state index contributed by atoms with van der Waals surface area (Å²) in [7, 11) is -2.77. The Balaban J connectivity index is 2.27. The highest BCUT2D eigenvalue weighted by Gasteiger charge is 2.25. The van der Waals surface area contributed by atoms with Gasteiger partial charge in [-0.05, 0) is 30.3 Å². The van der Waals surface area contributed by atoms with E-state index in [1.54, 1.807) is 0 Å². The van der Waals surface area contributed by atoms with Gasteiger partial charge in [-0.25, -0.2) is 13.2 Å². The van der Waals surface area contributed by atoms with Crippen molar-refractivity contribution in [1.29, 1.82) is 0 Å². The molecule has 23 heavy (non-hydrogen) atoms. The van der Waals surface area contributed by atoms with Gasteiger partial charge in [-0.3, -0.25) is 0 Å². The van der Waals surface area contributed by atoms with Gasteiger partial charge < -0.3 is 14.9 Å². The number of nitrogens with zero attached hydrogens (tertiary/aromatic N) is 1. The first-order chi connectivity index (χ1) is 10.8. The van der Waals surface area contributed by atoms with E-state index >= 15 is 0 Å². The van der Waals surface area contributed by atoms with Crippen LogP contribution in [0.2, 0.25) is 5.02 Å². The summed E-state index contributed by atoms with van der Waals surface area (Å²) in [4.78, 5) is 11.8. The fourth-order valence-corrected chi connectivity index (χ4v) is 3.84. The van der Waals surface area contributed by atoms with Crippen LogP contribution in [0.5, 0.6) is 5.75 Å². The summed E-state index contributed by atoms with van der Waals surface area (Å²) in [6, 6.07) is 8.16. The molecule has 120 valence electrons. The van der Waals surface area contributed by atoms with E-state index in [4.69, 9.17) is 26.5 Å². The zero-order valence-corrected chi connectivity index (χ0v) is 13.4. The average Bonchev–Trinajstić information content (AvgIpc) is 2.82. The molecule has 3 rings (SSSR count). The Bertz CT molecular complexity index is 1070. The van der Waals surface area contributed by atoms with Crippen molar-refractivity contribution in [2.24, 2.45) is 0 Å². The highest BCUT2D eigenvalue weighted by molar-refractivity contribution is 7.90. The second-order valence-electron chi connectivity index (χ2n) is 4.66. The summed E-state index contributed by atoms with van der Waals surface area (Å²) in [5, 5.41) is 0.110. The molecule has 9 heteroatoms. The molecule has 0 spiro atoms. The highest BCUT2D eigenvalue weighted by Crippen LogP contribution is 2.28. The van der Waals surface area contributed by atoms with Gasteiger partial charge in [-0.1, -0.05) is 11.6 Å². The lowest BCUT2D eigenvalue weighted by atomic mass is 10.3. The lowest BCUT2D eigenvalue weighted by molar-refractivity contribution is 0.414. The van der Waals surface area contributed by atoms with Crippen molar-refractivity contribution in [2.45, 2.75) is 4.90 Å². The minimum absolute atomic E-state index is 0.0817. The number of halogens is 1. The number of aromatic nitrogens is 1. The molecular formula is C14H11ClN2O5S. The second kappa shape index (κ2) is 5.32. The Morgan fingerprint density at radius 1 is 1.22 bits per heavy atom. The van der Waals surface area contributed by atoms with Crippen molar-refractivity contribution < 1.29 is 17.6 Å². The number of benzene rings is 2. The molecule has 0 atom stereocenters.